The van der Waals surface area contributed by atoms with E-state index in [2.05, 4.69) is 13.8 Å². The van der Waals surface area contributed by atoms with Gasteiger partial charge in [0.15, 0.2) is 0 Å². The predicted octanol–water partition coefficient (Wildman–Crippen LogP) is 4.82. The van der Waals surface area contributed by atoms with E-state index >= 15 is 0 Å². The van der Waals surface area contributed by atoms with Crippen molar-refractivity contribution in [2.75, 3.05) is 6.61 Å². The number of hydrogen-bond donors (Lipinski definition) is 2. The van der Waals surface area contributed by atoms with Crippen molar-refractivity contribution in [3.8, 4) is 0 Å². The van der Waals surface area contributed by atoms with Crippen LogP contribution in [0.15, 0.2) is 0 Å². The molecule has 0 fully saturated rings. The fourth-order valence-electron chi connectivity index (χ4n) is 2.40. The summed E-state index contributed by atoms with van der Waals surface area (Å²) in [7, 11) is 0. The summed E-state index contributed by atoms with van der Waals surface area (Å²) in [5.74, 6) is 0. The van der Waals surface area contributed by atoms with Gasteiger partial charge >= 0.3 is 0 Å². The van der Waals surface area contributed by atoms with Crippen LogP contribution in [0.2, 0.25) is 0 Å². The highest BCUT2D eigenvalue weighted by molar-refractivity contribution is 5.85. The summed E-state index contributed by atoms with van der Waals surface area (Å²) >= 11 is 0. The van der Waals surface area contributed by atoms with Gasteiger partial charge < -0.3 is 10.8 Å². The molecule has 0 bridgehead atoms. The molecule has 0 aromatic heterocycles. The maximum absolute atomic E-state index is 8.88. The predicted molar refractivity (Wildman–Crippen MR) is 88.0 cm³/mol. The molecule has 0 amide bonds. The highest BCUT2D eigenvalue weighted by Gasteiger charge is 2.16. The Labute approximate surface area is 127 Å². The number of hydrogen-bond acceptors (Lipinski definition) is 2. The topological polar surface area (TPSA) is 46.2 Å². The molecule has 0 rings (SSSR count). The molecule has 0 aromatic rings. The van der Waals surface area contributed by atoms with Gasteiger partial charge in [0.25, 0.3) is 0 Å². The average Bonchev–Trinajstić information content (AvgIpc) is 2.31. The molecule has 1 atom stereocenters. The van der Waals surface area contributed by atoms with E-state index in [1.165, 1.54) is 64.2 Å². The van der Waals surface area contributed by atoms with E-state index in [4.69, 9.17) is 10.8 Å². The molecule has 0 aliphatic heterocycles. The van der Waals surface area contributed by atoms with Crippen LogP contribution in [-0.2, 0) is 0 Å². The van der Waals surface area contributed by atoms with Crippen molar-refractivity contribution in [3.05, 3.63) is 0 Å². The van der Waals surface area contributed by atoms with Gasteiger partial charge in [-0.2, -0.15) is 0 Å². The second-order valence-electron chi connectivity index (χ2n) is 6.06. The standard InChI is InChI=1S/C16H35NO.ClH/c1-3-4-5-6-7-8-9-10-11-12-13-16(2,17)14-15-18;/h18H,3-15,17H2,1-2H3;1H. The third kappa shape index (κ3) is 16.2. The first kappa shape index (κ1) is 21.5. The molecule has 3 N–H and O–H groups in total. The van der Waals surface area contributed by atoms with Gasteiger partial charge in [0, 0.05) is 12.1 Å². The van der Waals surface area contributed by atoms with E-state index in [1.54, 1.807) is 0 Å². The highest BCUT2D eigenvalue weighted by Crippen LogP contribution is 2.17. The van der Waals surface area contributed by atoms with E-state index in [9.17, 15) is 0 Å². The molecule has 0 radical (unpaired) electrons. The van der Waals surface area contributed by atoms with Crippen LogP contribution in [0.1, 0.15) is 90.9 Å². The third-order valence-corrected chi connectivity index (χ3v) is 3.78. The number of aliphatic hydroxyl groups is 1. The van der Waals surface area contributed by atoms with Gasteiger partial charge in [-0.1, -0.05) is 71.1 Å². The number of unbranched alkanes of at least 4 members (excludes halogenated alkanes) is 9. The summed E-state index contributed by atoms with van der Waals surface area (Å²) < 4.78 is 0. The second-order valence-corrected chi connectivity index (χ2v) is 6.06. The molecule has 2 nitrogen and oxygen atoms in total. The maximum atomic E-state index is 8.88. The number of nitrogens with two attached hydrogens (primary N) is 1. The molecule has 0 aliphatic carbocycles. The largest absolute Gasteiger partial charge is 0.396 e. The Morgan fingerprint density at radius 1 is 0.789 bits per heavy atom. The van der Waals surface area contributed by atoms with Crippen LogP contribution in [-0.4, -0.2) is 17.3 Å². The van der Waals surface area contributed by atoms with Gasteiger partial charge in [-0.3, -0.25) is 0 Å². The molecule has 0 aromatic carbocycles. The lowest BCUT2D eigenvalue weighted by molar-refractivity contribution is 0.237. The molecule has 118 valence electrons. The van der Waals surface area contributed by atoms with Crippen LogP contribution in [0.3, 0.4) is 0 Å². The molecular weight excluding hydrogens is 258 g/mol. The third-order valence-electron chi connectivity index (χ3n) is 3.78. The lowest BCUT2D eigenvalue weighted by atomic mass is 9.92. The molecule has 19 heavy (non-hydrogen) atoms. The first-order chi connectivity index (χ1) is 8.62. The summed E-state index contributed by atoms with van der Waals surface area (Å²) in [6.45, 7) is 4.53. The summed E-state index contributed by atoms with van der Waals surface area (Å²) in [5, 5.41) is 8.88. The SMILES string of the molecule is CCCCCCCCCCCCC(C)(N)CCO.Cl. The van der Waals surface area contributed by atoms with Crippen molar-refractivity contribution in [1.29, 1.82) is 0 Å². The zero-order valence-corrected chi connectivity index (χ0v) is 13.9. The van der Waals surface area contributed by atoms with E-state index < -0.39 is 0 Å². The fourth-order valence-corrected chi connectivity index (χ4v) is 2.40. The van der Waals surface area contributed by atoms with E-state index in [0.29, 0.717) is 0 Å². The van der Waals surface area contributed by atoms with Gasteiger partial charge in [-0.25, -0.2) is 0 Å². The highest BCUT2D eigenvalue weighted by atomic mass is 35.5. The zero-order chi connectivity index (χ0) is 13.7. The van der Waals surface area contributed by atoms with Crippen LogP contribution < -0.4 is 5.73 Å². The van der Waals surface area contributed by atoms with Crippen LogP contribution in [0.25, 0.3) is 0 Å². The zero-order valence-electron chi connectivity index (χ0n) is 13.1. The lowest BCUT2D eigenvalue weighted by Gasteiger charge is -2.23. The first-order valence-electron chi connectivity index (χ1n) is 8.02. The minimum absolute atomic E-state index is 0. The molecule has 0 aliphatic rings. The van der Waals surface area contributed by atoms with Crippen molar-refractivity contribution in [2.24, 2.45) is 5.73 Å². The quantitative estimate of drug-likeness (QED) is 0.478. The van der Waals surface area contributed by atoms with Crippen molar-refractivity contribution in [2.45, 2.75) is 96.4 Å². The Hall–Kier alpha value is 0.210. The van der Waals surface area contributed by atoms with Gasteiger partial charge in [0.2, 0.25) is 0 Å². The summed E-state index contributed by atoms with van der Waals surface area (Å²) in [5.41, 5.74) is 5.92. The van der Waals surface area contributed by atoms with Gasteiger partial charge in [0.1, 0.15) is 0 Å². The van der Waals surface area contributed by atoms with E-state index in [-0.39, 0.29) is 24.6 Å². The van der Waals surface area contributed by atoms with Crippen LogP contribution in [0.5, 0.6) is 0 Å². The summed E-state index contributed by atoms with van der Waals surface area (Å²) in [6, 6.07) is 0. The Kier molecular flexibility index (Phi) is 16.5. The van der Waals surface area contributed by atoms with E-state index in [1.807, 2.05) is 0 Å². The minimum atomic E-state index is -0.158. The molecule has 0 saturated carbocycles. The van der Waals surface area contributed by atoms with Crippen LogP contribution in [0, 0.1) is 0 Å². The Bertz CT molecular complexity index is 174. The summed E-state index contributed by atoms with van der Waals surface area (Å²) in [6.07, 6.45) is 15.4. The Balaban J connectivity index is 0. The number of halogens is 1. The molecule has 0 spiro atoms. The van der Waals surface area contributed by atoms with Crippen LogP contribution in [0.4, 0.5) is 0 Å². The molecule has 1 unspecified atom stereocenters. The van der Waals surface area contributed by atoms with Crippen molar-refractivity contribution < 1.29 is 5.11 Å². The number of aliphatic hydroxyl groups excluding tert-OH is 1. The maximum Gasteiger partial charge on any atom is 0.0448 e. The average molecular weight is 294 g/mol. The first-order valence-corrected chi connectivity index (χ1v) is 8.02. The van der Waals surface area contributed by atoms with Crippen molar-refractivity contribution in [1.82, 2.24) is 0 Å². The van der Waals surface area contributed by atoms with Crippen LogP contribution >= 0.6 is 12.4 Å². The second kappa shape index (κ2) is 14.6. The molecular formula is C16H36ClNO. The molecule has 0 saturated heterocycles. The smallest absolute Gasteiger partial charge is 0.0448 e. The minimum Gasteiger partial charge on any atom is -0.396 e. The van der Waals surface area contributed by atoms with Crippen molar-refractivity contribution >= 4 is 12.4 Å². The van der Waals surface area contributed by atoms with Gasteiger partial charge in [-0.05, 0) is 19.8 Å². The van der Waals surface area contributed by atoms with Crippen molar-refractivity contribution in [3.63, 3.8) is 0 Å². The van der Waals surface area contributed by atoms with Gasteiger partial charge in [0.05, 0.1) is 0 Å². The van der Waals surface area contributed by atoms with Gasteiger partial charge in [-0.15, -0.1) is 12.4 Å². The molecule has 3 heteroatoms. The monoisotopic (exact) mass is 293 g/mol. The Morgan fingerprint density at radius 3 is 1.63 bits per heavy atom. The number of rotatable bonds is 13. The fraction of sp³-hybridized carbons (Fsp3) is 1.00. The molecule has 0 heterocycles. The normalized spacial score (nSPS) is 13.9. The summed E-state index contributed by atoms with van der Waals surface area (Å²) in [4.78, 5) is 0. The lowest BCUT2D eigenvalue weighted by Crippen LogP contribution is -2.36. The van der Waals surface area contributed by atoms with E-state index in [0.717, 1.165) is 12.8 Å². The Morgan fingerprint density at radius 2 is 1.21 bits per heavy atom.